The van der Waals surface area contributed by atoms with Crippen molar-refractivity contribution >= 4 is 22.7 Å². The lowest BCUT2D eigenvalue weighted by atomic mass is 10.1. The number of nitrogens with zero attached hydrogens (tertiary/aromatic N) is 3. The van der Waals surface area contributed by atoms with Crippen LogP contribution in [0.3, 0.4) is 0 Å². The van der Waals surface area contributed by atoms with Gasteiger partial charge in [0.2, 0.25) is 0 Å². The molecule has 0 saturated carbocycles. The zero-order chi connectivity index (χ0) is 20.4. The average molecular weight is 399 g/mol. The maximum absolute atomic E-state index is 12.7. The summed E-state index contributed by atoms with van der Waals surface area (Å²) < 4.78 is 39.7. The van der Waals surface area contributed by atoms with Gasteiger partial charge in [0.05, 0.1) is 5.56 Å². The van der Waals surface area contributed by atoms with E-state index >= 15 is 0 Å². The Morgan fingerprint density at radius 3 is 2.41 bits per heavy atom. The molecule has 0 atom stereocenters. The second-order valence-corrected chi connectivity index (χ2v) is 6.44. The zero-order valence-electron chi connectivity index (χ0n) is 15.1. The second kappa shape index (κ2) is 7.42. The molecule has 29 heavy (non-hydrogen) atoms. The maximum atomic E-state index is 12.7. The molecule has 0 fully saturated rings. The molecule has 2 N–H and O–H groups in total. The largest absolute Gasteiger partial charge is 0.416 e. The quantitative estimate of drug-likeness (QED) is 0.529. The molecule has 4 aromatic rings. The fraction of sp³-hybridized carbons (Fsp3) is 0.150. The van der Waals surface area contributed by atoms with E-state index < -0.39 is 11.7 Å². The molecule has 0 saturated heterocycles. The van der Waals surface area contributed by atoms with Crippen LogP contribution in [0.2, 0.25) is 0 Å². The molecular weight excluding hydrogens is 383 g/mol. The summed E-state index contributed by atoms with van der Waals surface area (Å²) in [6.07, 6.45) is -2.44. The lowest BCUT2D eigenvalue weighted by Gasteiger charge is -2.09. The van der Waals surface area contributed by atoms with Gasteiger partial charge in [0, 0.05) is 12.2 Å². The highest BCUT2D eigenvalue weighted by molar-refractivity contribution is 5.85. The maximum Gasteiger partial charge on any atom is 0.416 e. The summed E-state index contributed by atoms with van der Waals surface area (Å²) >= 11 is 0. The van der Waals surface area contributed by atoms with E-state index in [4.69, 9.17) is 0 Å². The van der Waals surface area contributed by atoms with Crippen LogP contribution in [0.4, 0.5) is 24.7 Å². The molecule has 0 unspecified atom stereocenters. The molecule has 9 heteroatoms. The molecule has 4 rings (SSSR count). The summed E-state index contributed by atoms with van der Waals surface area (Å²) in [6.45, 7) is 0.430. The number of hydrogen-bond acceptors (Lipinski definition) is 4. The fourth-order valence-corrected chi connectivity index (χ4v) is 3.03. The number of nitrogens with one attached hydrogen (secondary N) is 2. The highest BCUT2D eigenvalue weighted by atomic mass is 19.4. The van der Waals surface area contributed by atoms with E-state index in [1.54, 1.807) is 0 Å². The number of benzene rings is 2. The summed E-state index contributed by atoms with van der Waals surface area (Å²) in [5, 5.41) is 2.94. The lowest BCUT2D eigenvalue weighted by Crippen LogP contribution is -2.18. The molecule has 0 bridgehead atoms. The van der Waals surface area contributed by atoms with E-state index in [0.29, 0.717) is 35.6 Å². The number of aromatic amines is 1. The van der Waals surface area contributed by atoms with Gasteiger partial charge in [-0.1, -0.05) is 30.3 Å². The normalized spacial score (nSPS) is 11.7. The van der Waals surface area contributed by atoms with Crippen LogP contribution in [0, 0.1) is 0 Å². The van der Waals surface area contributed by atoms with Gasteiger partial charge < -0.3 is 10.3 Å². The topological polar surface area (TPSA) is 75.6 Å². The average Bonchev–Trinajstić information content (AvgIpc) is 3.03. The van der Waals surface area contributed by atoms with Crippen LogP contribution < -0.4 is 11.0 Å². The van der Waals surface area contributed by atoms with Crippen molar-refractivity contribution in [3.8, 4) is 0 Å². The van der Waals surface area contributed by atoms with Crippen molar-refractivity contribution in [2.75, 3.05) is 5.32 Å². The van der Waals surface area contributed by atoms with E-state index in [9.17, 15) is 18.0 Å². The number of aryl methyl sites for hydroxylation is 2. The molecule has 0 aliphatic carbocycles. The van der Waals surface area contributed by atoms with E-state index in [0.717, 1.165) is 17.7 Å². The summed E-state index contributed by atoms with van der Waals surface area (Å²) in [5.41, 5.74) is 1.26. The Balaban J connectivity index is 1.60. The van der Waals surface area contributed by atoms with Gasteiger partial charge in [-0.2, -0.15) is 13.2 Å². The molecule has 2 heterocycles. The van der Waals surface area contributed by atoms with Crippen molar-refractivity contribution in [1.29, 1.82) is 0 Å². The SMILES string of the molecule is O=c1[nH]c2c(Nc3ccc(C(F)(F)F)cc3)ncnc2n1CCc1ccccc1. The number of fused-ring (bicyclic) bond motifs is 1. The lowest BCUT2D eigenvalue weighted by molar-refractivity contribution is -0.137. The number of rotatable bonds is 5. The fourth-order valence-electron chi connectivity index (χ4n) is 3.03. The van der Waals surface area contributed by atoms with Gasteiger partial charge in [-0.25, -0.2) is 14.8 Å². The molecule has 148 valence electrons. The van der Waals surface area contributed by atoms with Crippen molar-refractivity contribution in [2.45, 2.75) is 19.1 Å². The first kappa shape index (κ1) is 18.7. The van der Waals surface area contributed by atoms with Gasteiger partial charge in [0.1, 0.15) is 11.8 Å². The number of H-pyrrole nitrogens is 1. The summed E-state index contributed by atoms with van der Waals surface area (Å²) in [5.74, 6) is 0.310. The van der Waals surface area contributed by atoms with Crippen LogP contribution in [0.25, 0.3) is 11.2 Å². The van der Waals surface area contributed by atoms with Gasteiger partial charge in [-0.05, 0) is 36.2 Å². The van der Waals surface area contributed by atoms with Crippen LogP contribution >= 0.6 is 0 Å². The summed E-state index contributed by atoms with van der Waals surface area (Å²) in [7, 11) is 0. The first-order chi connectivity index (χ1) is 13.9. The summed E-state index contributed by atoms with van der Waals surface area (Å²) in [6, 6.07) is 14.3. The highest BCUT2D eigenvalue weighted by Crippen LogP contribution is 2.30. The third-order valence-electron chi connectivity index (χ3n) is 4.50. The third-order valence-corrected chi connectivity index (χ3v) is 4.50. The molecule has 0 aliphatic rings. The van der Waals surface area contributed by atoms with Gasteiger partial charge in [-0.3, -0.25) is 4.57 Å². The van der Waals surface area contributed by atoms with Crippen LogP contribution in [-0.2, 0) is 19.1 Å². The molecule has 6 nitrogen and oxygen atoms in total. The van der Waals surface area contributed by atoms with Crippen molar-refractivity contribution < 1.29 is 13.2 Å². The first-order valence-electron chi connectivity index (χ1n) is 8.83. The Morgan fingerprint density at radius 2 is 1.72 bits per heavy atom. The Kier molecular flexibility index (Phi) is 4.79. The number of imidazole rings is 1. The predicted octanol–water partition coefficient (Wildman–Crippen LogP) is 4.12. The number of aromatic nitrogens is 4. The second-order valence-electron chi connectivity index (χ2n) is 6.44. The Labute approximate surface area is 163 Å². The van der Waals surface area contributed by atoms with Gasteiger partial charge in [0.25, 0.3) is 0 Å². The van der Waals surface area contributed by atoms with E-state index in [1.807, 2.05) is 30.3 Å². The first-order valence-corrected chi connectivity index (χ1v) is 8.83. The molecule has 2 aromatic heterocycles. The smallest absolute Gasteiger partial charge is 0.338 e. The summed E-state index contributed by atoms with van der Waals surface area (Å²) in [4.78, 5) is 23.4. The molecule has 0 radical (unpaired) electrons. The molecule has 0 spiro atoms. The van der Waals surface area contributed by atoms with Crippen LogP contribution in [0.5, 0.6) is 0 Å². The Morgan fingerprint density at radius 1 is 1.00 bits per heavy atom. The minimum absolute atomic E-state index is 0.310. The van der Waals surface area contributed by atoms with Gasteiger partial charge >= 0.3 is 11.9 Å². The van der Waals surface area contributed by atoms with Crippen molar-refractivity contribution in [1.82, 2.24) is 19.5 Å². The Bertz CT molecular complexity index is 1180. The molecule has 0 aliphatic heterocycles. The number of anilines is 2. The number of hydrogen-bond donors (Lipinski definition) is 2. The highest BCUT2D eigenvalue weighted by Gasteiger charge is 2.30. The standard InChI is InChI=1S/C20H16F3N5O/c21-20(22,23)14-6-8-15(9-7-14)26-17-16-18(25-12-24-17)28(19(29)27-16)11-10-13-4-2-1-3-5-13/h1-9,12H,10-11H2,(H,27,29)(H,24,25,26). The van der Waals surface area contributed by atoms with E-state index in [-0.39, 0.29) is 5.69 Å². The van der Waals surface area contributed by atoms with Crippen LogP contribution in [-0.4, -0.2) is 19.5 Å². The Hall–Kier alpha value is -3.62. The van der Waals surface area contributed by atoms with Crippen molar-refractivity contribution in [3.63, 3.8) is 0 Å². The minimum Gasteiger partial charge on any atom is -0.338 e. The van der Waals surface area contributed by atoms with Crippen LogP contribution in [0.1, 0.15) is 11.1 Å². The third kappa shape index (κ3) is 3.98. The van der Waals surface area contributed by atoms with Crippen LogP contribution in [0.15, 0.2) is 65.7 Å². The molecule has 0 amide bonds. The molecular formula is C20H16F3N5O. The van der Waals surface area contributed by atoms with E-state index in [2.05, 4.69) is 20.3 Å². The minimum atomic E-state index is -4.40. The van der Waals surface area contributed by atoms with E-state index in [1.165, 1.54) is 23.0 Å². The zero-order valence-corrected chi connectivity index (χ0v) is 15.1. The number of halogens is 3. The molecule has 2 aromatic carbocycles. The predicted molar refractivity (Wildman–Crippen MR) is 103 cm³/mol. The van der Waals surface area contributed by atoms with Gasteiger partial charge in [0.15, 0.2) is 11.5 Å². The number of alkyl halides is 3. The van der Waals surface area contributed by atoms with Crippen molar-refractivity contribution in [3.05, 3.63) is 82.5 Å². The van der Waals surface area contributed by atoms with Crippen molar-refractivity contribution in [2.24, 2.45) is 0 Å². The monoisotopic (exact) mass is 399 g/mol. The van der Waals surface area contributed by atoms with Gasteiger partial charge in [-0.15, -0.1) is 0 Å².